The number of nitrogens with zero attached hydrogens (tertiary/aromatic N) is 1. The zero-order chi connectivity index (χ0) is 9.07. The Labute approximate surface area is 69.2 Å². The van der Waals surface area contributed by atoms with Crippen molar-refractivity contribution in [2.75, 3.05) is 7.05 Å². The number of hydrogen-bond acceptors (Lipinski definition) is 1. The Morgan fingerprint density at radius 1 is 1.55 bits per heavy atom. The van der Waals surface area contributed by atoms with Gasteiger partial charge in [-0.1, -0.05) is 12.5 Å². The van der Waals surface area contributed by atoms with Crippen LogP contribution in [0.1, 0.15) is 20.8 Å². The van der Waals surface area contributed by atoms with Crippen LogP contribution in [0.15, 0.2) is 17.1 Å². The molecule has 0 aliphatic carbocycles. The molecule has 0 aromatic heterocycles. The van der Waals surface area contributed by atoms with Crippen molar-refractivity contribution in [3.63, 3.8) is 0 Å². The Bertz CT molecular complexity index is 226. The van der Waals surface area contributed by atoms with Crippen LogP contribution < -0.4 is 0 Å². The van der Waals surface area contributed by atoms with E-state index in [0.717, 1.165) is 11.3 Å². The molecule has 11 heavy (non-hydrogen) atoms. The molecule has 0 bridgehead atoms. The Balaban J connectivity index is 4.67. The summed E-state index contributed by atoms with van der Waals surface area (Å²) in [6.45, 7) is 9.74. The molecule has 0 heterocycles. The monoisotopic (exact) mass is 149 g/mol. The van der Waals surface area contributed by atoms with Crippen molar-refractivity contribution in [1.29, 1.82) is 0 Å². The van der Waals surface area contributed by atoms with E-state index in [2.05, 4.69) is 17.5 Å². The van der Waals surface area contributed by atoms with Crippen molar-refractivity contribution in [3.8, 4) is 12.3 Å². The van der Waals surface area contributed by atoms with Gasteiger partial charge in [0, 0.05) is 12.8 Å². The zero-order valence-electron chi connectivity index (χ0n) is 7.73. The van der Waals surface area contributed by atoms with Crippen LogP contribution in [0.2, 0.25) is 0 Å². The number of terminal acetylenes is 1. The van der Waals surface area contributed by atoms with Gasteiger partial charge in [0.05, 0.1) is 5.41 Å². The van der Waals surface area contributed by atoms with E-state index in [4.69, 9.17) is 6.42 Å². The maximum absolute atomic E-state index is 5.33. The van der Waals surface area contributed by atoms with E-state index in [1.54, 1.807) is 7.05 Å². The number of rotatable bonds is 2. The second kappa shape index (κ2) is 3.39. The van der Waals surface area contributed by atoms with Gasteiger partial charge in [0.1, 0.15) is 0 Å². The first kappa shape index (κ1) is 9.97. The topological polar surface area (TPSA) is 12.4 Å². The molecule has 0 aliphatic rings. The maximum atomic E-state index is 5.33. The molecule has 1 nitrogen and oxygen atoms in total. The molecule has 0 spiro atoms. The van der Waals surface area contributed by atoms with E-state index in [1.807, 2.05) is 20.8 Å². The van der Waals surface area contributed by atoms with Gasteiger partial charge in [-0.2, -0.15) is 0 Å². The highest BCUT2D eigenvalue weighted by atomic mass is 14.7. The summed E-state index contributed by atoms with van der Waals surface area (Å²) in [4.78, 5) is 4.02. The van der Waals surface area contributed by atoms with Crippen LogP contribution in [0.3, 0.4) is 0 Å². The van der Waals surface area contributed by atoms with Gasteiger partial charge in [-0.3, -0.25) is 4.99 Å². The molecule has 0 aromatic rings. The van der Waals surface area contributed by atoms with Crippen LogP contribution in [0.5, 0.6) is 0 Å². The molecule has 0 fully saturated rings. The van der Waals surface area contributed by atoms with Gasteiger partial charge in [0.2, 0.25) is 0 Å². The lowest BCUT2D eigenvalue weighted by Crippen LogP contribution is -2.16. The first-order chi connectivity index (χ1) is 4.95. The van der Waals surface area contributed by atoms with Crippen molar-refractivity contribution < 1.29 is 0 Å². The summed E-state index contributed by atoms with van der Waals surface area (Å²) in [6.07, 6.45) is 5.33. The van der Waals surface area contributed by atoms with Gasteiger partial charge < -0.3 is 0 Å². The first-order valence-electron chi connectivity index (χ1n) is 3.56. The molecular formula is C10H15N. The van der Waals surface area contributed by atoms with Crippen LogP contribution in [0.25, 0.3) is 0 Å². The summed E-state index contributed by atoms with van der Waals surface area (Å²) in [5.41, 5.74) is 1.57. The van der Waals surface area contributed by atoms with Gasteiger partial charge in [0.25, 0.3) is 0 Å². The van der Waals surface area contributed by atoms with E-state index in [9.17, 15) is 0 Å². The predicted octanol–water partition coefficient (Wildman–Crippen LogP) is 2.29. The third-order valence-electron chi connectivity index (χ3n) is 1.89. The highest BCUT2D eigenvalue weighted by Crippen LogP contribution is 2.24. The number of allylic oxidation sites excluding steroid dienone is 1. The second-order valence-corrected chi connectivity index (χ2v) is 3.06. The minimum absolute atomic E-state index is 0.274. The van der Waals surface area contributed by atoms with Crippen molar-refractivity contribution in [2.45, 2.75) is 20.8 Å². The molecule has 0 aromatic carbocycles. The molecule has 0 amide bonds. The lowest BCUT2D eigenvalue weighted by atomic mass is 9.84. The summed E-state index contributed by atoms with van der Waals surface area (Å²) in [6, 6.07) is 0. The average Bonchev–Trinajstić information content (AvgIpc) is 2.01. The van der Waals surface area contributed by atoms with Gasteiger partial charge >= 0.3 is 0 Å². The Hall–Kier alpha value is -1.03. The van der Waals surface area contributed by atoms with Gasteiger partial charge in [-0.15, -0.1) is 6.42 Å². The van der Waals surface area contributed by atoms with Crippen molar-refractivity contribution in [3.05, 3.63) is 12.2 Å². The second-order valence-electron chi connectivity index (χ2n) is 3.06. The molecule has 0 saturated carbocycles. The number of hydrogen-bond donors (Lipinski definition) is 0. The third-order valence-corrected chi connectivity index (χ3v) is 1.89. The van der Waals surface area contributed by atoms with Crippen LogP contribution in [0, 0.1) is 17.8 Å². The highest BCUT2D eigenvalue weighted by Gasteiger charge is 2.19. The standard InChI is InChI=1S/C10H15N/c1-7-10(4,5)8(2)9(3)11-6/h1H,2H2,3-6H3/b11-9-. The van der Waals surface area contributed by atoms with Crippen LogP contribution in [-0.2, 0) is 0 Å². The molecule has 0 N–H and O–H groups in total. The molecular weight excluding hydrogens is 134 g/mol. The summed E-state index contributed by atoms with van der Waals surface area (Å²) in [5.74, 6) is 2.68. The summed E-state index contributed by atoms with van der Waals surface area (Å²) in [7, 11) is 1.74. The molecule has 0 unspecified atom stereocenters. The largest absolute Gasteiger partial charge is 0.293 e. The Kier molecular flexibility index (Phi) is 3.07. The van der Waals surface area contributed by atoms with Crippen LogP contribution >= 0.6 is 0 Å². The molecule has 0 saturated heterocycles. The molecule has 1 heteroatoms. The summed E-state index contributed by atoms with van der Waals surface area (Å²) in [5, 5.41) is 0. The fraction of sp³-hybridized carbons (Fsp3) is 0.500. The Morgan fingerprint density at radius 3 is 2.27 bits per heavy atom. The minimum Gasteiger partial charge on any atom is -0.293 e. The SMILES string of the molecule is C#CC(C)(C)C(=C)/C(C)=N\C. The molecule has 0 rings (SSSR count). The van der Waals surface area contributed by atoms with Crippen LogP contribution in [0.4, 0.5) is 0 Å². The van der Waals surface area contributed by atoms with E-state index in [-0.39, 0.29) is 5.41 Å². The van der Waals surface area contributed by atoms with Crippen molar-refractivity contribution >= 4 is 5.71 Å². The highest BCUT2D eigenvalue weighted by molar-refractivity contribution is 5.99. The first-order valence-corrected chi connectivity index (χ1v) is 3.56. The molecule has 0 radical (unpaired) electrons. The van der Waals surface area contributed by atoms with E-state index >= 15 is 0 Å². The van der Waals surface area contributed by atoms with Gasteiger partial charge in [-0.25, -0.2) is 0 Å². The van der Waals surface area contributed by atoms with Gasteiger partial charge in [-0.05, 0) is 26.3 Å². The predicted molar refractivity (Wildman–Crippen MR) is 50.8 cm³/mol. The fourth-order valence-corrected chi connectivity index (χ4v) is 0.674. The average molecular weight is 149 g/mol. The molecule has 60 valence electrons. The minimum atomic E-state index is -0.274. The maximum Gasteiger partial charge on any atom is 0.0515 e. The third kappa shape index (κ3) is 2.23. The van der Waals surface area contributed by atoms with Crippen LogP contribution in [-0.4, -0.2) is 12.8 Å². The lowest BCUT2D eigenvalue weighted by Gasteiger charge is -2.20. The summed E-state index contributed by atoms with van der Waals surface area (Å²) >= 11 is 0. The quantitative estimate of drug-likeness (QED) is 0.422. The zero-order valence-corrected chi connectivity index (χ0v) is 7.73. The van der Waals surface area contributed by atoms with Crippen molar-refractivity contribution in [2.24, 2.45) is 10.4 Å². The fourth-order valence-electron chi connectivity index (χ4n) is 0.674. The number of aliphatic imine (C=N–C) groups is 1. The summed E-state index contributed by atoms with van der Waals surface area (Å²) < 4.78 is 0. The van der Waals surface area contributed by atoms with E-state index < -0.39 is 0 Å². The smallest absolute Gasteiger partial charge is 0.0515 e. The van der Waals surface area contributed by atoms with E-state index in [0.29, 0.717) is 0 Å². The lowest BCUT2D eigenvalue weighted by molar-refractivity contribution is 0.634. The van der Waals surface area contributed by atoms with Crippen molar-refractivity contribution in [1.82, 2.24) is 0 Å². The Morgan fingerprint density at radius 2 is 2.00 bits per heavy atom. The van der Waals surface area contributed by atoms with E-state index in [1.165, 1.54) is 0 Å². The van der Waals surface area contributed by atoms with Gasteiger partial charge in [0.15, 0.2) is 0 Å². The molecule has 0 aliphatic heterocycles. The molecule has 0 atom stereocenters. The normalized spacial score (nSPS) is 12.5.